The Labute approximate surface area is 153 Å². The monoisotopic (exact) mass is 365 g/mol. The molecule has 26 heavy (non-hydrogen) atoms. The minimum Gasteiger partial charge on any atom is -0.481 e. The molecule has 0 aliphatic carbocycles. The Morgan fingerprint density at radius 1 is 1.12 bits per heavy atom. The van der Waals surface area contributed by atoms with Crippen molar-refractivity contribution < 1.29 is 29.3 Å². The van der Waals surface area contributed by atoms with Gasteiger partial charge in [0, 0.05) is 18.9 Å². The summed E-state index contributed by atoms with van der Waals surface area (Å²) in [6.07, 6.45) is 3.50. The van der Waals surface area contributed by atoms with E-state index in [1.165, 1.54) is 20.0 Å². The quantitative estimate of drug-likeness (QED) is 0.636. The van der Waals surface area contributed by atoms with Crippen molar-refractivity contribution in [2.24, 2.45) is 0 Å². The molecule has 2 atom stereocenters. The number of hydrogen-bond acceptors (Lipinski definition) is 5. The van der Waals surface area contributed by atoms with Gasteiger partial charge in [0.1, 0.15) is 0 Å². The number of carboxylic acid groups (broad SMARTS) is 2. The Morgan fingerprint density at radius 3 is 2.19 bits per heavy atom. The van der Waals surface area contributed by atoms with E-state index >= 15 is 0 Å². The molecule has 1 aliphatic heterocycles. The van der Waals surface area contributed by atoms with Crippen LogP contribution < -0.4 is 5.32 Å². The van der Waals surface area contributed by atoms with Crippen molar-refractivity contribution in [3.63, 3.8) is 0 Å². The van der Waals surface area contributed by atoms with Crippen LogP contribution in [0.5, 0.6) is 0 Å². The highest BCUT2D eigenvalue weighted by Gasteiger charge is 2.31. The number of carbonyl (C=O) groups excluding carboxylic acids is 1. The van der Waals surface area contributed by atoms with E-state index < -0.39 is 11.9 Å². The first-order valence-electron chi connectivity index (χ1n) is 8.75. The zero-order valence-electron chi connectivity index (χ0n) is 15.0. The Balaban J connectivity index is 0.000000321. The third-order valence-electron chi connectivity index (χ3n) is 4.15. The van der Waals surface area contributed by atoms with Crippen LogP contribution in [0.25, 0.3) is 0 Å². The average Bonchev–Trinajstić information content (AvgIpc) is 2.63. The van der Waals surface area contributed by atoms with E-state index in [2.05, 4.69) is 5.32 Å². The van der Waals surface area contributed by atoms with Crippen LogP contribution >= 0.6 is 0 Å². The highest BCUT2D eigenvalue weighted by molar-refractivity contribution is 5.79. The predicted octanol–water partition coefficient (Wildman–Crippen LogP) is 2.41. The van der Waals surface area contributed by atoms with E-state index in [4.69, 9.17) is 14.9 Å². The number of hydrogen-bond donors (Lipinski definition) is 3. The molecular formula is C19H27NO6. The van der Waals surface area contributed by atoms with Gasteiger partial charge in [0.2, 0.25) is 0 Å². The smallest absolute Gasteiger partial charge is 0.314 e. The molecule has 2 unspecified atom stereocenters. The second kappa shape index (κ2) is 12.0. The van der Waals surface area contributed by atoms with Gasteiger partial charge in [-0.1, -0.05) is 36.8 Å². The lowest BCUT2D eigenvalue weighted by Gasteiger charge is -2.29. The summed E-state index contributed by atoms with van der Waals surface area (Å²) in [5, 5.41) is 19.5. The Hall–Kier alpha value is -2.41. The molecule has 1 aliphatic rings. The Morgan fingerprint density at radius 2 is 1.73 bits per heavy atom. The maximum atomic E-state index is 11.9. The van der Waals surface area contributed by atoms with Gasteiger partial charge >= 0.3 is 17.9 Å². The molecule has 2 rings (SSSR count). The van der Waals surface area contributed by atoms with Crippen LogP contribution in [0, 0.1) is 0 Å². The first-order chi connectivity index (χ1) is 12.5. The van der Waals surface area contributed by atoms with E-state index in [9.17, 15) is 14.4 Å². The molecule has 0 saturated carbocycles. The number of carboxylic acids is 2. The standard InChI is InChI=1S/C14H19NO2.C5H8O4/c1-17-14(16)13(11-7-3-2-4-8-11)12-9-5-6-10-15-12;6-4(7)2-1-3-5(8)9/h2-4,7-8,12-13,15H,5-6,9-10H2,1H3;1-3H2,(H,6,7)(H,8,9). The normalized spacial score (nSPS) is 17.3. The number of aliphatic carboxylic acids is 2. The van der Waals surface area contributed by atoms with E-state index in [1.807, 2.05) is 30.3 Å². The van der Waals surface area contributed by atoms with Gasteiger partial charge < -0.3 is 20.3 Å². The van der Waals surface area contributed by atoms with Gasteiger partial charge in [0.15, 0.2) is 0 Å². The summed E-state index contributed by atoms with van der Waals surface area (Å²) in [5.74, 6) is -2.22. The average molecular weight is 365 g/mol. The molecule has 0 amide bonds. The lowest BCUT2D eigenvalue weighted by Crippen LogP contribution is -2.42. The zero-order chi connectivity index (χ0) is 19.4. The second-order valence-electron chi connectivity index (χ2n) is 6.11. The van der Waals surface area contributed by atoms with Gasteiger partial charge in [-0.15, -0.1) is 0 Å². The van der Waals surface area contributed by atoms with Gasteiger partial charge in [0.05, 0.1) is 13.0 Å². The SMILES string of the molecule is COC(=O)C(c1ccccc1)C1CCCCN1.O=C(O)CCCC(=O)O. The minimum atomic E-state index is -0.948. The van der Waals surface area contributed by atoms with Gasteiger partial charge in [-0.2, -0.15) is 0 Å². The highest BCUT2D eigenvalue weighted by atomic mass is 16.5. The van der Waals surface area contributed by atoms with Crippen LogP contribution in [-0.4, -0.2) is 47.8 Å². The van der Waals surface area contributed by atoms with Crippen molar-refractivity contribution in [2.75, 3.05) is 13.7 Å². The lowest BCUT2D eigenvalue weighted by atomic mass is 9.86. The number of nitrogens with one attached hydrogen (secondary N) is 1. The molecule has 1 aromatic rings. The summed E-state index contributed by atoms with van der Waals surface area (Å²) >= 11 is 0. The molecule has 0 radical (unpaired) electrons. The first-order valence-corrected chi connectivity index (χ1v) is 8.75. The molecule has 1 heterocycles. The summed E-state index contributed by atoms with van der Waals surface area (Å²) in [7, 11) is 1.46. The molecule has 1 fully saturated rings. The third-order valence-corrected chi connectivity index (χ3v) is 4.15. The van der Waals surface area contributed by atoms with Crippen LogP contribution in [0.15, 0.2) is 30.3 Å². The van der Waals surface area contributed by atoms with E-state index in [1.54, 1.807) is 0 Å². The summed E-state index contributed by atoms with van der Waals surface area (Å²) in [6.45, 7) is 0.991. The lowest BCUT2D eigenvalue weighted by molar-refractivity contribution is -0.143. The van der Waals surface area contributed by atoms with Crippen molar-refractivity contribution in [3.8, 4) is 0 Å². The molecule has 1 aromatic carbocycles. The number of ether oxygens (including phenoxy) is 1. The summed E-state index contributed by atoms with van der Waals surface area (Å²) in [4.78, 5) is 31.5. The number of esters is 1. The molecule has 1 saturated heterocycles. The van der Waals surface area contributed by atoms with Crippen molar-refractivity contribution in [2.45, 2.75) is 50.5 Å². The summed E-state index contributed by atoms with van der Waals surface area (Å²) in [5.41, 5.74) is 1.04. The van der Waals surface area contributed by atoms with Crippen LogP contribution in [0.3, 0.4) is 0 Å². The maximum Gasteiger partial charge on any atom is 0.314 e. The van der Waals surface area contributed by atoms with Crippen LogP contribution in [0.1, 0.15) is 50.0 Å². The van der Waals surface area contributed by atoms with Crippen molar-refractivity contribution in [1.82, 2.24) is 5.32 Å². The topological polar surface area (TPSA) is 113 Å². The molecule has 144 valence electrons. The summed E-state index contributed by atoms with van der Waals surface area (Å²) in [6, 6.07) is 10.1. The molecule has 0 spiro atoms. The van der Waals surface area contributed by atoms with E-state index in [0.29, 0.717) is 0 Å². The molecule has 3 N–H and O–H groups in total. The Bertz CT molecular complexity index is 555. The number of methoxy groups -OCH3 is 1. The van der Waals surface area contributed by atoms with Crippen molar-refractivity contribution >= 4 is 17.9 Å². The predicted molar refractivity (Wildman–Crippen MR) is 96.0 cm³/mol. The van der Waals surface area contributed by atoms with Gasteiger partial charge in [-0.25, -0.2) is 0 Å². The zero-order valence-corrected chi connectivity index (χ0v) is 15.0. The van der Waals surface area contributed by atoms with Crippen LogP contribution in [0.2, 0.25) is 0 Å². The van der Waals surface area contributed by atoms with Gasteiger partial charge in [-0.3, -0.25) is 14.4 Å². The second-order valence-corrected chi connectivity index (χ2v) is 6.11. The number of carbonyl (C=O) groups is 3. The van der Waals surface area contributed by atoms with Crippen LogP contribution in [0.4, 0.5) is 0 Å². The van der Waals surface area contributed by atoms with Gasteiger partial charge in [-0.05, 0) is 31.4 Å². The number of piperidine rings is 1. The highest BCUT2D eigenvalue weighted by Crippen LogP contribution is 2.26. The fraction of sp³-hybridized carbons (Fsp3) is 0.526. The summed E-state index contributed by atoms with van der Waals surface area (Å²) < 4.78 is 4.94. The molecule has 7 nitrogen and oxygen atoms in total. The number of rotatable bonds is 7. The van der Waals surface area contributed by atoms with E-state index in [0.717, 1.165) is 18.5 Å². The molecule has 0 bridgehead atoms. The van der Waals surface area contributed by atoms with Crippen molar-refractivity contribution in [1.29, 1.82) is 0 Å². The molecule has 0 aromatic heterocycles. The molecule has 7 heteroatoms. The number of benzene rings is 1. The fourth-order valence-electron chi connectivity index (χ4n) is 2.87. The Kier molecular flexibility index (Phi) is 10.0. The van der Waals surface area contributed by atoms with Crippen LogP contribution in [-0.2, 0) is 19.1 Å². The first kappa shape index (κ1) is 21.6. The third kappa shape index (κ3) is 8.11. The molecular weight excluding hydrogens is 338 g/mol. The minimum absolute atomic E-state index is 0.0632. The maximum absolute atomic E-state index is 11.9. The van der Waals surface area contributed by atoms with Crippen molar-refractivity contribution in [3.05, 3.63) is 35.9 Å². The van der Waals surface area contributed by atoms with Gasteiger partial charge in [0.25, 0.3) is 0 Å². The van der Waals surface area contributed by atoms with E-state index in [-0.39, 0.29) is 37.2 Å². The fourth-order valence-corrected chi connectivity index (χ4v) is 2.87. The largest absolute Gasteiger partial charge is 0.481 e.